The topological polar surface area (TPSA) is 94.1 Å². The molecule has 2 atom stereocenters. The number of carbonyl (C=O) groups is 1. The monoisotopic (exact) mass is 880 g/mol. The number of phosphoric ester groups is 1. The number of ether oxygens (including phenoxy) is 2. The summed E-state index contributed by atoms with van der Waals surface area (Å²) >= 11 is 0. The highest BCUT2D eigenvalue weighted by atomic mass is 31.2. The van der Waals surface area contributed by atoms with Gasteiger partial charge in [-0.1, -0.05) is 191 Å². The molecule has 0 fully saturated rings. The minimum atomic E-state index is -4.53. The van der Waals surface area contributed by atoms with Crippen LogP contribution in [0.3, 0.4) is 0 Å². The van der Waals surface area contributed by atoms with Crippen molar-refractivity contribution < 1.29 is 37.3 Å². The lowest BCUT2D eigenvalue weighted by Crippen LogP contribution is -2.37. The third-order valence-electron chi connectivity index (χ3n) is 10.9. The molecule has 0 bridgehead atoms. The number of allylic oxidation sites excluding steroid dienone is 8. The van der Waals surface area contributed by atoms with Gasteiger partial charge in [0.2, 0.25) is 0 Å². The summed E-state index contributed by atoms with van der Waals surface area (Å²) in [4.78, 5) is 25.1. The largest absolute Gasteiger partial charge is 0.756 e. The van der Waals surface area contributed by atoms with Gasteiger partial charge in [0, 0.05) is 13.0 Å². The Morgan fingerprint density at radius 1 is 0.525 bits per heavy atom. The van der Waals surface area contributed by atoms with Crippen LogP contribution in [-0.4, -0.2) is 70.7 Å². The number of esters is 1. The van der Waals surface area contributed by atoms with Crippen LogP contribution in [0, 0.1) is 0 Å². The summed E-state index contributed by atoms with van der Waals surface area (Å²) in [6.07, 6.45) is 55.7. The van der Waals surface area contributed by atoms with E-state index in [2.05, 4.69) is 62.5 Å². The van der Waals surface area contributed by atoms with Gasteiger partial charge in [-0.25, -0.2) is 0 Å². The average Bonchev–Trinajstić information content (AvgIpc) is 3.22. The lowest BCUT2D eigenvalue weighted by molar-refractivity contribution is -0.870. The molecule has 0 aromatic heterocycles. The molecule has 8 nitrogen and oxygen atoms in total. The van der Waals surface area contributed by atoms with Crippen molar-refractivity contribution in [3.63, 3.8) is 0 Å². The van der Waals surface area contributed by atoms with Crippen molar-refractivity contribution in [3.05, 3.63) is 48.6 Å². The van der Waals surface area contributed by atoms with Crippen LogP contribution in [-0.2, 0) is 27.9 Å². The molecule has 0 spiro atoms. The average molecular weight is 880 g/mol. The Kier molecular flexibility index (Phi) is 43.9. The minimum Gasteiger partial charge on any atom is -0.756 e. The number of carbonyl (C=O) groups excluding carboxylic acids is 1. The fourth-order valence-electron chi connectivity index (χ4n) is 6.97. The van der Waals surface area contributed by atoms with Crippen molar-refractivity contribution in [3.8, 4) is 0 Å². The van der Waals surface area contributed by atoms with Gasteiger partial charge in [0.1, 0.15) is 19.3 Å². The number of nitrogens with zero attached hydrogens (tertiary/aromatic N) is 1. The molecule has 0 aromatic rings. The molecule has 0 aliphatic carbocycles. The Balaban J connectivity index is 4.09. The number of quaternary nitrogens is 1. The molecule has 9 heteroatoms. The second-order valence-electron chi connectivity index (χ2n) is 18.1. The number of hydrogen-bond donors (Lipinski definition) is 0. The highest BCUT2D eigenvalue weighted by Gasteiger charge is 2.20. The lowest BCUT2D eigenvalue weighted by Gasteiger charge is -2.28. The molecule has 0 saturated carbocycles. The van der Waals surface area contributed by atoms with E-state index in [9.17, 15) is 14.3 Å². The van der Waals surface area contributed by atoms with E-state index in [1.54, 1.807) is 0 Å². The van der Waals surface area contributed by atoms with E-state index in [1.165, 1.54) is 128 Å². The Morgan fingerprint density at radius 2 is 0.951 bits per heavy atom. The third kappa shape index (κ3) is 49.3. The first kappa shape index (κ1) is 59.5. The van der Waals surface area contributed by atoms with E-state index in [0.717, 1.165) is 70.6 Å². The normalized spacial score (nSPS) is 14.0. The quantitative estimate of drug-likeness (QED) is 0.0198. The Labute approximate surface area is 378 Å². The number of rotatable bonds is 47. The van der Waals surface area contributed by atoms with Gasteiger partial charge in [0.05, 0.1) is 34.4 Å². The van der Waals surface area contributed by atoms with Crippen LogP contribution in [0.5, 0.6) is 0 Å². The maximum absolute atomic E-state index is 12.7. The van der Waals surface area contributed by atoms with E-state index in [4.69, 9.17) is 18.5 Å². The third-order valence-corrected chi connectivity index (χ3v) is 11.8. The highest BCUT2D eigenvalue weighted by molar-refractivity contribution is 7.45. The molecule has 0 rings (SSSR count). The van der Waals surface area contributed by atoms with Crippen LogP contribution in [0.4, 0.5) is 0 Å². The lowest BCUT2D eigenvalue weighted by atomic mass is 10.0. The first-order chi connectivity index (χ1) is 29.6. The highest BCUT2D eigenvalue weighted by Crippen LogP contribution is 2.38. The van der Waals surface area contributed by atoms with E-state index in [1.807, 2.05) is 21.1 Å². The van der Waals surface area contributed by atoms with Crippen LogP contribution in [0.25, 0.3) is 0 Å². The summed E-state index contributed by atoms with van der Waals surface area (Å²) in [5.74, 6) is -0.341. The zero-order valence-corrected chi connectivity index (χ0v) is 41.5. The fourth-order valence-corrected chi connectivity index (χ4v) is 7.70. The van der Waals surface area contributed by atoms with Crippen LogP contribution in [0.2, 0.25) is 0 Å². The molecule has 358 valence electrons. The van der Waals surface area contributed by atoms with Crippen molar-refractivity contribution in [1.82, 2.24) is 0 Å². The predicted octanol–water partition coefficient (Wildman–Crippen LogP) is 14.9. The van der Waals surface area contributed by atoms with E-state index in [-0.39, 0.29) is 25.8 Å². The molecule has 0 amide bonds. The van der Waals surface area contributed by atoms with Gasteiger partial charge in [-0.05, 0) is 70.6 Å². The van der Waals surface area contributed by atoms with Gasteiger partial charge in [-0.3, -0.25) is 9.36 Å². The second kappa shape index (κ2) is 45.0. The van der Waals surface area contributed by atoms with Crippen LogP contribution < -0.4 is 4.89 Å². The summed E-state index contributed by atoms with van der Waals surface area (Å²) in [6, 6.07) is 0. The molecule has 0 radical (unpaired) electrons. The van der Waals surface area contributed by atoms with Crippen molar-refractivity contribution in [2.75, 3.05) is 54.1 Å². The van der Waals surface area contributed by atoms with Gasteiger partial charge in [0.25, 0.3) is 7.82 Å². The standard InChI is InChI=1S/C52H98NO7P/c1-6-8-10-12-14-16-18-20-22-23-24-25-26-27-28-29-30-31-32-33-35-37-39-41-43-45-52(54)60-51(50-59-61(55,56)58-48-46-53(3,4)5)49-57-47-44-42-40-38-36-34-21-19-17-15-13-11-9-7-2/h9,11,15,17,21,23-24,34,51H,6-8,10,12-14,16,18-20,22,25-33,35-50H2,1-5H3/b11-9-,17-15-,24-23-,34-21-. The smallest absolute Gasteiger partial charge is 0.306 e. The molecule has 0 saturated heterocycles. The van der Waals surface area contributed by atoms with Crippen molar-refractivity contribution >= 4 is 13.8 Å². The first-order valence-electron chi connectivity index (χ1n) is 25.4. The molecule has 0 N–H and O–H groups in total. The van der Waals surface area contributed by atoms with E-state index >= 15 is 0 Å². The predicted molar refractivity (Wildman–Crippen MR) is 259 cm³/mol. The summed E-state index contributed by atoms with van der Waals surface area (Å²) in [7, 11) is 1.34. The van der Waals surface area contributed by atoms with Crippen LogP contribution >= 0.6 is 7.82 Å². The Bertz CT molecular complexity index is 1120. The molecular weight excluding hydrogens is 782 g/mol. The summed E-state index contributed by atoms with van der Waals surface area (Å²) in [6.45, 7) is 5.26. The van der Waals surface area contributed by atoms with Crippen LogP contribution in [0.15, 0.2) is 48.6 Å². The maximum Gasteiger partial charge on any atom is 0.306 e. The van der Waals surface area contributed by atoms with Crippen LogP contribution in [0.1, 0.15) is 219 Å². The molecule has 0 aliphatic rings. The SMILES string of the molecule is CC/C=C\C/C=C\C/C=C\CCCCCCOCC(COP(=O)([O-])OCC[N+](C)(C)C)OC(=O)CCCCCCCCCCCCCCC/C=C\CCCCCCCCCC. The fraction of sp³-hybridized carbons (Fsp3) is 0.827. The molecular formula is C52H98NO7P. The minimum absolute atomic E-state index is 0.0208. The Hall–Kier alpha value is -1.54. The summed E-state index contributed by atoms with van der Waals surface area (Å²) in [5.41, 5.74) is 0. The zero-order valence-electron chi connectivity index (χ0n) is 40.6. The number of phosphoric acid groups is 1. The number of unbranched alkanes of at least 4 members (excludes halogenated alkanes) is 25. The van der Waals surface area contributed by atoms with Gasteiger partial charge in [0.15, 0.2) is 0 Å². The van der Waals surface area contributed by atoms with Gasteiger partial charge < -0.3 is 27.9 Å². The Morgan fingerprint density at radius 3 is 1.44 bits per heavy atom. The number of hydrogen-bond acceptors (Lipinski definition) is 7. The van der Waals surface area contributed by atoms with Crippen molar-refractivity contribution in [2.24, 2.45) is 0 Å². The van der Waals surface area contributed by atoms with Crippen molar-refractivity contribution in [2.45, 2.75) is 225 Å². The molecule has 0 aromatic carbocycles. The summed E-state index contributed by atoms with van der Waals surface area (Å²) < 4.78 is 34.7. The first-order valence-corrected chi connectivity index (χ1v) is 26.8. The maximum atomic E-state index is 12.7. The molecule has 61 heavy (non-hydrogen) atoms. The molecule has 2 unspecified atom stereocenters. The summed E-state index contributed by atoms with van der Waals surface area (Å²) in [5, 5.41) is 0. The number of likely N-dealkylation sites (N-methyl/N-ethyl adjacent to an activating group) is 1. The van der Waals surface area contributed by atoms with E-state index in [0.29, 0.717) is 24.1 Å². The second-order valence-corrected chi connectivity index (χ2v) is 19.6. The van der Waals surface area contributed by atoms with Crippen molar-refractivity contribution in [1.29, 1.82) is 0 Å². The molecule has 0 heterocycles. The van der Waals surface area contributed by atoms with E-state index < -0.39 is 13.9 Å². The van der Waals surface area contributed by atoms with Gasteiger partial charge in [-0.15, -0.1) is 0 Å². The van der Waals surface area contributed by atoms with Gasteiger partial charge >= 0.3 is 5.97 Å². The van der Waals surface area contributed by atoms with Gasteiger partial charge in [-0.2, -0.15) is 0 Å². The zero-order chi connectivity index (χ0) is 44.8. The molecule has 0 aliphatic heterocycles.